The van der Waals surface area contributed by atoms with Gasteiger partial charge in [0.15, 0.2) is 9.84 Å². The maximum Gasteiger partial charge on any atom is 0.243 e. The molecule has 0 unspecified atom stereocenters. The lowest BCUT2D eigenvalue weighted by atomic mass is 10.2. The smallest absolute Gasteiger partial charge is 0.243 e. The Morgan fingerprint density at radius 2 is 2.08 bits per heavy atom. The van der Waals surface area contributed by atoms with Crippen LogP contribution in [0.3, 0.4) is 0 Å². The molecule has 2 atom stereocenters. The first kappa shape index (κ1) is 19.1. The Hall–Kier alpha value is -0.670. The Morgan fingerprint density at radius 1 is 1.32 bits per heavy atom. The summed E-state index contributed by atoms with van der Waals surface area (Å²) >= 11 is 6.00. The van der Waals surface area contributed by atoms with Crippen LogP contribution in [0.5, 0.6) is 0 Å². The van der Waals surface area contributed by atoms with E-state index in [-0.39, 0.29) is 29.0 Å². The Morgan fingerprint density at radius 3 is 2.68 bits per heavy atom. The van der Waals surface area contributed by atoms with Crippen LogP contribution in [0.15, 0.2) is 23.1 Å². The summed E-state index contributed by atoms with van der Waals surface area (Å²) in [4.78, 5) is 0.127. The molecule has 0 radical (unpaired) electrons. The highest BCUT2D eigenvalue weighted by molar-refractivity contribution is 7.92. The molecular weight excluding hydrogens is 386 g/mol. The molecule has 25 heavy (non-hydrogen) atoms. The van der Waals surface area contributed by atoms with Crippen LogP contribution in [-0.2, 0) is 24.6 Å². The second kappa shape index (κ2) is 7.15. The van der Waals surface area contributed by atoms with Crippen molar-refractivity contribution in [2.24, 2.45) is 0 Å². The summed E-state index contributed by atoms with van der Waals surface area (Å²) in [6, 6.07) is 4.17. The van der Waals surface area contributed by atoms with Gasteiger partial charge < -0.3 is 4.74 Å². The average molecular weight is 408 g/mol. The van der Waals surface area contributed by atoms with E-state index in [4.69, 9.17) is 16.3 Å². The molecule has 0 amide bonds. The van der Waals surface area contributed by atoms with E-state index >= 15 is 0 Å². The Kier molecular flexibility index (Phi) is 5.46. The van der Waals surface area contributed by atoms with Crippen LogP contribution in [0.1, 0.15) is 24.8 Å². The quantitative estimate of drug-likeness (QED) is 0.745. The molecule has 2 heterocycles. The zero-order valence-corrected chi connectivity index (χ0v) is 16.4. The van der Waals surface area contributed by atoms with Crippen LogP contribution in [0.4, 0.5) is 0 Å². The number of rotatable bonds is 5. The summed E-state index contributed by atoms with van der Waals surface area (Å²) in [5.41, 5.74) is 0.586. The molecule has 1 aromatic carbocycles. The van der Waals surface area contributed by atoms with Gasteiger partial charge in [0.2, 0.25) is 10.0 Å². The van der Waals surface area contributed by atoms with Crippen LogP contribution >= 0.6 is 11.6 Å². The van der Waals surface area contributed by atoms with Crippen molar-refractivity contribution in [3.05, 3.63) is 28.8 Å². The van der Waals surface area contributed by atoms with E-state index in [9.17, 15) is 16.8 Å². The van der Waals surface area contributed by atoms with Gasteiger partial charge in [-0.3, -0.25) is 0 Å². The number of sulfone groups is 1. The molecule has 1 aromatic rings. The number of benzene rings is 1. The molecule has 140 valence electrons. The summed E-state index contributed by atoms with van der Waals surface area (Å²) in [6.45, 7) is 2.49. The largest absolute Gasteiger partial charge is 0.377 e. The van der Waals surface area contributed by atoms with Gasteiger partial charge in [0.1, 0.15) is 0 Å². The van der Waals surface area contributed by atoms with E-state index in [1.807, 2.05) is 0 Å². The number of hydrogen-bond acceptors (Lipinski definition) is 5. The summed E-state index contributed by atoms with van der Waals surface area (Å²) in [5.74, 6) is -0.123. The third-order valence-corrected chi connectivity index (χ3v) is 8.81. The average Bonchev–Trinajstić information content (AvgIpc) is 3.16. The van der Waals surface area contributed by atoms with Gasteiger partial charge in [-0.1, -0.05) is 17.7 Å². The lowest BCUT2D eigenvalue weighted by molar-refractivity contribution is 0.0877. The standard InChI is InChI=1S/C16H22ClNO5S2/c1-12-4-5-13(17)9-16(12)25(21,22)18(10-15-3-2-7-23-15)14-6-8-24(19,20)11-14/h4-5,9,14-15H,2-3,6-8,10-11H2,1H3/t14-,15-/m1/s1. The lowest BCUT2D eigenvalue weighted by Gasteiger charge is -2.30. The van der Waals surface area contributed by atoms with Crippen LogP contribution in [0.25, 0.3) is 0 Å². The maximum atomic E-state index is 13.3. The van der Waals surface area contributed by atoms with Crippen molar-refractivity contribution >= 4 is 31.5 Å². The van der Waals surface area contributed by atoms with E-state index in [2.05, 4.69) is 0 Å². The molecule has 9 heteroatoms. The number of sulfonamides is 1. The normalized spacial score (nSPS) is 26.4. The lowest BCUT2D eigenvalue weighted by Crippen LogP contribution is -2.45. The van der Waals surface area contributed by atoms with E-state index in [1.54, 1.807) is 19.1 Å². The molecule has 0 N–H and O–H groups in total. The van der Waals surface area contributed by atoms with Crippen molar-refractivity contribution in [3.8, 4) is 0 Å². The maximum absolute atomic E-state index is 13.3. The molecule has 2 saturated heterocycles. The van der Waals surface area contributed by atoms with Gasteiger partial charge in [-0.05, 0) is 43.9 Å². The van der Waals surface area contributed by atoms with Gasteiger partial charge in [0, 0.05) is 24.2 Å². The van der Waals surface area contributed by atoms with Crippen molar-refractivity contribution in [1.82, 2.24) is 4.31 Å². The van der Waals surface area contributed by atoms with Crippen LogP contribution in [0, 0.1) is 6.92 Å². The molecule has 2 aliphatic rings. The molecule has 0 aromatic heterocycles. The molecule has 2 fully saturated rings. The van der Waals surface area contributed by atoms with Crippen molar-refractivity contribution < 1.29 is 21.6 Å². The highest BCUT2D eigenvalue weighted by Crippen LogP contribution is 2.30. The van der Waals surface area contributed by atoms with Crippen molar-refractivity contribution in [3.63, 3.8) is 0 Å². The molecule has 0 bridgehead atoms. The van der Waals surface area contributed by atoms with Gasteiger partial charge in [0.25, 0.3) is 0 Å². The third-order valence-electron chi connectivity index (χ3n) is 4.76. The Bertz CT molecular complexity index is 847. The SMILES string of the molecule is Cc1ccc(Cl)cc1S(=O)(=O)N(C[C@H]1CCCO1)[C@@H]1CCS(=O)(=O)C1. The predicted octanol–water partition coefficient (Wildman–Crippen LogP) is 2.01. The molecule has 0 spiro atoms. The third kappa shape index (κ3) is 4.19. The number of halogens is 1. The van der Waals surface area contributed by atoms with Crippen LogP contribution in [-0.4, -0.2) is 57.9 Å². The second-order valence-electron chi connectivity index (χ2n) is 6.68. The molecular formula is C16H22ClNO5S2. The summed E-state index contributed by atoms with van der Waals surface area (Å²) < 4.78 is 57.3. The number of aryl methyl sites for hydroxylation is 1. The van der Waals surface area contributed by atoms with Gasteiger partial charge in [0.05, 0.1) is 22.5 Å². The Balaban J connectivity index is 1.98. The molecule has 0 aliphatic carbocycles. The molecule has 0 saturated carbocycles. The first-order chi connectivity index (χ1) is 11.7. The number of nitrogens with zero attached hydrogens (tertiary/aromatic N) is 1. The zero-order chi connectivity index (χ0) is 18.2. The van der Waals surface area contributed by atoms with E-state index in [0.717, 1.165) is 12.8 Å². The van der Waals surface area contributed by atoms with Crippen molar-refractivity contribution in [2.45, 2.75) is 43.2 Å². The van der Waals surface area contributed by atoms with Gasteiger partial charge >= 0.3 is 0 Å². The highest BCUT2D eigenvalue weighted by Gasteiger charge is 2.40. The minimum atomic E-state index is -3.87. The molecule has 6 nitrogen and oxygen atoms in total. The van der Waals surface area contributed by atoms with E-state index < -0.39 is 25.9 Å². The summed E-state index contributed by atoms with van der Waals surface area (Å²) in [6.07, 6.45) is 1.78. The first-order valence-electron chi connectivity index (χ1n) is 8.29. The van der Waals surface area contributed by atoms with E-state index in [1.165, 1.54) is 10.4 Å². The van der Waals surface area contributed by atoms with Gasteiger partial charge in [-0.2, -0.15) is 4.31 Å². The minimum Gasteiger partial charge on any atom is -0.377 e. The molecule has 2 aliphatic heterocycles. The zero-order valence-electron chi connectivity index (χ0n) is 14.0. The first-order valence-corrected chi connectivity index (χ1v) is 11.9. The highest BCUT2D eigenvalue weighted by atomic mass is 35.5. The molecule has 3 rings (SSSR count). The minimum absolute atomic E-state index is 0.0176. The predicted molar refractivity (Wildman–Crippen MR) is 96.1 cm³/mol. The Labute approximate surface area is 154 Å². The topological polar surface area (TPSA) is 80.8 Å². The van der Waals surface area contributed by atoms with Crippen LogP contribution < -0.4 is 0 Å². The number of ether oxygens (including phenoxy) is 1. The van der Waals surface area contributed by atoms with Crippen molar-refractivity contribution in [1.29, 1.82) is 0 Å². The summed E-state index contributed by atoms with van der Waals surface area (Å²) in [7, 11) is -7.08. The fourth-order valence-corrected chi connectivity index (χ4v) is 7.41. The second-order valence-corrected chi connectivity index (χ2v) is 11.2. The van der Waals surface area contributed by atoms with E-state index in [0.29, 0.717) is 23.6 Å². The fourth-order valence-electron chi connectivity index (χ4n) is 3.41. The van der Waals surface area contributed by atoms with Crippen molar-refractivity contribution in [2.75, 3.05) is 24.7 Å². The van der Waals surface area contributed by atoms with Gasteiger partial charge in [-0.25, -0.2) is 16.8 Å². The number of hydrogen-bond donors (Lipinski definition) is 0. The van der Waals surface area contributed by atoms with Gasteiger partial charge in [-0.15, -0.1) is 0 Å². The fraction of sp³-hybridized carbons (Fsp3) is 0.625. The monoisotopic (exact) mass is 407 g/mol. The summed E-state index contributed by atoms with van der Waals surface area (Å²) in [5, 5.41) is 0.334. The van der Waals surface area contributed by atoms with Crippen LogP contribution in [0.2, 0.25) is 5.02 Å².